The maximum absolute atomic E-state index is 12.9. The quantitative estimate of drug-likeness (QED) is 0.538. The van der Waals surface area contributed by atoms with Gasteiger partial charge >= 0.3 is 0 Å². The topological polar surface area (TPSA) is 108 Å². The zero-order valence-corrected chi connectivity index (χ0v) is 17.3. The fourth-order valence-corrected chi connectivity index (χ4v) is 4.69. The van der Waals surface area contributed by atoms with Crippen LogP contribution in [-0.4, -0.2) is 62.9 Å². The number of anilines is 1. The molecule has 160 valence electrons. The number of hydrogen-bond donors (Lipinski definition) is 3. The molecule has 4 N–H and O–H groups in total. The van der Waals surface area contributed by atoms with Crippen LogP contribution in [0.4, 0.5) is 10.1 Å². The highest BCUT2D eigenvalue weighted by molar-refractivity contribution is 7.80. The number of benzene rings is 1. The molecule has 29 heavy (non-hydrogen) atoms. The van der Waals surface area contributed by atoms with E-state index in [1.165, 1.54) is 24.3 Å². The van der Waals surface area contributed by atoms with Crippen molar-refractivity contribution >= 4 is 28.7 Å². The molecule has 1 saturated heterocycles. The maximum Gasteiger partial charge on any atom is 0.235 e. The van der Waals surface area contributed by atoms with E-state index < -0.39 is 11.2 Å². The summed E-state index contributed by atoms with van der Waals surface area (Å²) >= 11 is -1.24. The molecule has 2 fully saturated rings. The Hall–Kier alpha value is -1.88. The molecule has 1 aromatic carbocycles. The summed E-state index contributed by atoms with van der Waals surface area (Å²) in [5, 5.41) is 5.47. The van der Waals surface area contributed by atoms with E-state index in [-0.39, 0.29) is 42.7 Å². The summed E-state index contributed by atoms with van der Waals surface area (Å²) in [4.78, 5) is 24.4. The van der Waals surface area contributed by atoms with Gasteiger partial charge in [-0.3, -0.25) is 9.59 Å². The molecule has 0 radical (unpaired) electrons. The number of nitrogens with one attached hydrogen (secondary N) is 2. The average Bonchev–Trinajstić information content (AvgIpc) is 3.46. The summed E-state index contributed by atoms with van der Waals surface area (Å²) < 4.78 is 28.9. The van der Waals surface area contributed by atoms with Crippen LogP contribution in [0.5, 0.6) is 0 Å². The SMILES string of the molecule is CC(CC(N)CNC(=O)CN1CCN(C2CC2)S1=O)C(=O)Nc1ccc(F)cc1. The number of nitrogens with two attached hydrogens (primary N) is 1. The minimum atomic E-state index is -1.24. The van der Waals surface area contributed by atoms with Gasteiger partial charge in [0.15, 0.2) is 11.2 Å². The molecular formula is C19H28FN5O3S. The van der Waals surface area contributed by atoms with Gasteiger partial charge in [0.25, 0.3) is 0 Å². The lowest BCUT2D eigenvalue weighted by atomic mass is 10.0. The standard InChI is InChI=1S/C19H28FN5O3S/c1-13(19(27)23-16-4-2-14(20)3-5-16)10-15(21)11-22-18(26)12-24-8-9-25(29(24)28)17-6-7-17/h2-5,13,15,17H,6-12,21H2,1H3,(H,22,26)(H,23,27). The second kappa shape index (κ2) is 9.75. The van der Waals surface area contributed by atoms with Crippen LogP contribution < -0.4 is 16.4 Å². The van der Waals surface area contributed by atoms with Crippen LogP contribution in [0.1, 0.15) is 26.2 Å². The minimum absolute atomic E-state index is 0.0726. The Bertz CT molecular complexity index is 759. The van der Waals surface area contributed by atoms with Gasteiger partial charge in [0.1, 0.15) is 5.82 Å². The van der Waals surface area contributed by atoms with E-state index in [1.54, 1.807) is 11.2 Å². The third-order valence-electron chi connectivity index (χ3n) is 5.04. The molecule has 0 spiro atoms. The Labute approximate surface area is 172 Å². The fourth-order valence-electron chi connectivity index (χ4n) is 3.23. The van der Waals surface area contributed by atoms with Crippen molar-refractivity contribution in [2.24, 2.45) is 11.7 Å². The predicted molar refractivity (Wildman–Crippen MR) is 109 cm³/mol. The zero-order valence-electron chi connectivity index (χ0n) is 16.5. The fraction of sp³-hybridized carbons (Fsp3) is 0.579. The van der Waals surface area contributed by atoms with E-state index in [0.717, 1.165) is 19.4 Å². The van der Waals surface area contributed by atoms with Gasteiger partial charge in [-0.15, -0.1) is 0 Å². The Morgan fingerprint density at radius 2 is 1.97 bits per heavy atom. The lowest BCUT2D eigenvalue weighted by Gasteiger charge is -2.19. The smallest absolute Gasteiger partial charge is 0.235 e. The summed E-state index contributed by atoms with van der Waals surface area (Å²) in [6.45, 7) is 3.40. The molecule has 3 atom stereocenters. The number of nitrogens with zero attached hydrogens (tertiary/aromatic N) is 2. The van der Waals surface area contributed by atoms with Crippen LogP contribution in [0.15, 0.2) is 24.3 Å². The number of rotatable bonds is 9. The van der Waals surface area contributed by atoms with Gasteiger partial charge in [0, 0.05) is 43.3 Å². The molecule has 8 nitrogen and oxygen atoms in total. The molecule has 1 aliphatic carbocycles. The third-order valence-corrected chi connectivity index (χ3v) is 6.68. The highest BCUT2D eigenvalue weighted by Gasteiger charge is 2.39. The summed E-state index contributed by atoms with van der Waals surface area (Å²) in [6.07, 6.45) is 2.54. The van der Waals surface area contributed by atoms with Gasteiger partial charge in [0.05, 0.1) is 6.54 Å². The predicted octanol–water partition coefficient (Wildman–Crippen LogP) is 0.593. The molecule has 0 aromatic heterocycles. The first-order valence-corrected chi connectivity index (χ1v) is 10.9. The molecule has 2 amide bonds. The first-order valence-electron chi connectivity index (χ1n) is 9.86. The molecule has 1 heterocycles. The first kappa shape index (κ1) is 21.8. The molecule has 10 heteroatoms. The number of carbonyl (C=O) groups is 2. The summed E-state index contributed by atoms with van der Waals surface area (Å²) in [5.74, 6) is -1.18. The van der Waals surface area contributed by atoms with Crippen molar-refractivity contribution in [2.45, 2.75) is 38.3 Å². The van der Waals surface area contributed by atoms with Crippen molar-refractivity contribution < 1.29 is 18.2 Å². The van der Waals surface area contributed by atoms with Gasteiger partial charge in [-0.25, -0.2) is 17.2 Å². The summed E-state index contributed by atoms with van der Waals surface area (Å²) in [6, 6.07) is 5.55. The first-order chi connectivity index (χ1) is 13.8. The molecular weight excluding hydrogens is 397 g/mol. The Kier molecular flexibility index (Phi) is 7.33. The number of amides is 2. The third kappa shape index (κ3) is 6.30. The van der Waals surface area contributed by atoms with Crippen molar-refractivity contribution in [1.82, 2.24) is 13.9 Å². The zero-order chi connectivity index (χ0) is 21.0. The average molecular weight is 426 g/mol. The van der Waals surface area contributed by atoms with Crippen LogP contribution in [0, 0.1) is 11.7 Å². The van der Waals surface area contributed by atoms with Crippen LogP contribution in [0.25, 0.3) is 0 Å². The largest absolute Gasteiger partial charge is 0.353 e. The van der Waals surface area contributed by atoms with E-state index in [4.69, 9.17) is 5.73 Å². The molecule has 1 saturated carbocycles. The van der Waals surface area contributed by atoms with E-state index >= 15 is 0 Å². The molecule has 3 rings (SSSR count). The van der Waals surface area contributed by atoms with Gasteiger partial charge in [-0.05, 0) is 43.5 Å². The van der Waals surface area contributed by atoms with Gasteiger partial charge in [-0.2, -0.15) is 0 Å². The van der Waals surface area contributed by atoms with E-state index in [9.17, 15) is 18.2 Å². The number of carbonyl (C=O) groups excluding carboxylic acids is 2. The molecule has 1 aliphatic heterocycles. The van der Waals surface area contributed by atoms with Gasteiger partial charge in [-0.1, -0.05) is 6.92 Å². The molecule has 0 bridgehead atoms. The highest BCUT2D eigenvalue weighted by atomic mass is 32.2. The Balaban J connectivity index is 1.35. The monoisotopic (exact) mass is 425 g/mol. The second-order valence-electron chi connectivity index (χ2n) is 7.66. The van der Waals surface area contributed by atoms with Crippen LogP contribution in [0.3, 0.4) is 0 Å². The number of halogens is 1. The second-order valence-corrected chi connectivity index (χ2v) is 9.11. The minimum Gasteiger partial charge on any atom is -0.353 e. The van der Waals surface area contributed by atoms with Crippen molar-refractivity contribution in [3.8, 4) is 0 Å². The van der Waals surface area contributed by atoms with Crippen molar-refractivity contribution in [1.29, 1.82) is 0 Å². The lowest BCUT2D eigenvalue weighted by molar-refractivity contribution is -0.121. The van der Waals surface area contributed by atoms with E-state index in [0.29, 0.717) is 24.7 Å². The summed E-state index contributed by atoms with van der Waals surface area (Å²) in [7, 11) is 0. The maximum atomic E-state index is 12.9. The Morgan fingerprint density at radius 1 is 1.28 bits per heavy atom. The van der Waals surface area contributed by atoms with E-state index in [1.807, 2.05) is 4.31 Å². The number of hydrogen-bond acceptors (Lipinski definition) is 4. The Morgan fingerprint density at radius 3 is 2.62 bits per heavy atom. The highest BCUT2D eigenvalue weighted by Crippen LogP contribution is 2.31. The van der Waals surface area contributed by atoms with Crippen molar-refractivity contribution in [2.75, 3.05) is 31.5 Å². The van der Waals surface area contributed by atoms with Crippen LogP contribution in [0.2, 0.25) is 0 Å². The van der Waals surface area contributed by atoms with Gasteiger partial charge in [0.2, 0.25) is 11.8 Å². The van der Waals surface area contributed by atoms with Crippen LogP contribution >= 0.6 is 0 Å². The molecule has 3 unspecified atom stereocenters. The van der Waals surface area contributed by atoms with Crippen molar-refractivity contribution in [3.63, 3.8) is 0 Å². The lowest BCUT2D eigenvalue weighted by Crippen LogP contribution is -2.43. The van der Waals surface area contributed by atoms with E-state index in [2.05, 4.69) is 10.6 Å². The van der Waals surface area contributed by atoms with Gasteiger partial charge < -0.3 is 16.4 Å². The van der Waals surface area contributed by atoms with Crippen molar-refractivity contribution in [3.05, 3.63) is 30.1 Å². The molecule has 2 aliphatic rings. The normalized spacial score (nSPS) is 22.2. The van der Waals surface area contributed by atoms with Crippen LogP contribution in [-0.2, 0) is 20.8 Å². The molecule has 1 aromatic rings. The summed E-state index contributed by atoms with van der Waals surface area (Å²) in [5.41, 5.74) is 6.57.